The second-order valence-corrected chi connectivity index (χ2v) is 11.9. The maximum Gasteiger partial charge on any atom is 0.306 e. The third-order valence-electron chi connectivity index (χ3n) is 6.14. The molecular formula is C25H29N3O5S2. The molecule has 0 amide bonds. The van der Waals surface area contributed by atoms with Gasteiger partial charge in [0.2, 0.25) is 0 Å². The van der Waals surface area contributed by atoms with Crippen molar-refractivity contribution in [3.05, 3.63) is 58.0 Å². The fraction of sp³-hybridized carbons (Fsp3) is 0.400. The minimum atomic E-state index is -3.04. The number of carbonyl (C=O) groups excluding carboxylic acids is 1. The molecule has 4 aromatic rings. The third-order valence-corrected chi connectivity index (χ3v) is 8.18. The highest BCUT2D eigenvalue weighted by Crippen LogP contribution is 2.37. The standard InChI is InChI=1S/C25H29N3O5S2/c1-4-33-23(30)14-21(18-12-17-8-10-34-25(17)19(13-18)15-29)20-6-7-22-24(16(20)2)26-27-28(22)9-5-11-35(3,31)32/h6-8,10,12-13,21,29H,4-5,9,11,14-15H2,1-3H3. The van der Waals surface area contributed by atoms with E-state index in [1.54, 1.807) is 22.9 Å². The van der Waals surface area contributed by atoms with Crippen LogP contribution in [0, 0.1) is 6.92 Å². The summed E-state index contributed by atoms with van der Waals surface area (Å²) in [5.41, 5.74) is 5.14. The van der Waals surface area contributed by atoms with Crippen LogP contribution in [0.5, 0.6) is 0 Å². The summed E-state index contributed by atoms with van der Waals surface area (Å²) >= 11 is 1.58. The Hall–Kier alpha value is -2.82. The highest BCUT2D eigenvalue weighted by atomic mass is 32.2. The first-order chi connectivity index (χ1) is 16.7. The molecule has 1 atom stereocenters. The van der Waals surface area contributed by atoms with Gasteiger partial charge in [-0.3, -0.25) is 4.79 Å². The van der Waals surface area contributed by atoms with Crippen molar-refractivity contribution in [1.29, 1.82) is 0 Å². The molecule has 2 aromatic carbocycles. The van der Waals surface area contributed by atoms with Crippen LogP contribution in [0.4, 0.5) is 0 Å². The van der Waals surface area contributed by atoms with Crippen LogP contribution < -0.4 is 0 Å². The van der Waals surface area contributed by atoms with Crippen molar-refractivity contribution in [3.8, 4) is 0 Å². The largest absolute Gasteiger partial charge is 0.466 e. The molecule has 0 aliphatic rings. The number of benzene rings is 2. The van der Waals surface area contributed by atoms with Gasteiger partial charge in [0.25, 0.3) is 0 Å². The van der Waals surface area contributed by atoms with E-state index in [1.807, 2.05) is 36.6 Å². The Morgan fingerprint density at radius 2 is 2.06 bits per heavy atom. The van der Waals surface area contributed by atoms with Gasteiger partial charge in [0.15, 0.2) is 0 Å². The van der Waals surface area contributed by atoms with E-state index in [9.17, 15) is 18.3 Å². The summed E-state index contributed by atoms with van der Waals surface area (Å²) in [6.45, 7) is 4.41. The van der Waals surface area contributed by atoms with Crippen LogP contribution in [0.2, 0.25) is 0 Å². The molecule has 2 aromatic heterocycles. The van der Waals surface area contributed by atoms with Crippen LogP contribution in [0.25, 0.3) is 21.1 Å². The van der Waals surface area contributed by atoms with Crippen LogP contribution >= 0.6 is 11.3 Å². The molecule has 0 spiro atoms. The van der Waals surface area contributed by atoms with E-state index in [2.05, 4.69) is 16.4 Å². The number of carbonyl (C=O) groups is 1. The number of rotatable bonds is 10. The van der Waals surface area contributed by atoms with Crippen molar-refractivity contribution in [2.45, 2.75) is 45.8 Å². The number of aliphatic hydroxyl groups is 1. The van der Waals surface area contributed by atoms with Crippen LogP contribution in [0.1, 0.15) is 47.9 Å². The summed E-state index contributed by atoms with van der Waals surface area (Å²) in [5.74, 6) is -0.494. The molecule has 0 bridgehead atoms. The van der Waals surface area contributed by atoms with E-state index in [4.69, 9.17) is 4.74 Å². The average Bonchev–Trinajstić information content (AvgIpc) is 3.44. The van der Waals surface area contributed by atoms with Gasteiger partial charge in [0.05, 0.1) is 30.9 Å². The van der Waals surface area contributed by atoms with E-state index < -0.39 is 9.84 Å². The topological polar surface area (TPSA) is 111 Å². The number of fused-ring (bicyclic) bond motifs is 2. The van der Waals surface area contributed by atoms with Crippen molar-refractivity contribution in [2.75, 3.05) is 18.6 Å². The summed E-state index contributed by atoms with van der Waals surface area (Å²) in [6, 6.07) is 9.96. The summed E-state index contributed by atoms with van der Waals surface area (Å²) in [6.07, 6.45) is 1.83. The molecule has 0 aliphatic carbocycles. The number of aromatic nitrogens is 3. The maximum absolute atomic E-state index is 12.6. The number of nitrogens with zero attached hydrogens (tertiary/aromatic N) is 3. The minimum absolute atomic E-state index is 0.0865. The molecule has 0 radical (unpaired) electrons. The predicted molar refractivity (Wildman–Crippen MR) is 137 cm³/mol. The predicted octanol–water partition coefficient (Wildman–Crippen LogP) is 3.97. The van der Waals surface area contributed by atoms with Gasteiger partial charge in [0, 0.05) is 23.4 Å². The highest BCUT2D eigenvalue weighted by molar-refractivity contribution is 7.90. The fourth-order valence-electron chi connectivity index (χ4n) is 4.50. The number of hydrogen-bond donors (Lipinski definition) is 1. The number of ether oxygens (including phenoxy) is 1. The Kier molecular flexibility index (Phi) is 7.53. The van der Waals surface area contributed by atoms with Gasteiger partial charge in [-0.1, -0.05) is 17.3 Å². The van der Waals surface area contributed by atoms with Crippen molar-refractivity contribution < 1.29 is 23.1 Å². The minimum Gasteiger partial charge on any atom is -0.466 e. The van der Waals surface area contributed by atoms with Gasteiger partial charge in [0.1, 0.15) is 15.4 Å². The molecule has 2 heterocycles. The fourth-order valence-corrected chi connectivity index (χ4v) is 6.04. The molecule has 0 saturated carbocycles. The first-order valence-corrected chi connectivity index (χ1v) is 14.4. The SMILES string of the molecule is CCOC(=O)CC(c1cc(CO)c2sccc2c1)c1ccc2c(nnn2CCCS(C)(=O)=O)c1C. The summed E-state index contributed by atoms with van der Waals surface area (Å²) < 4.78 is 31.0. The Labute approximate surface area is 208 Å². The molecule has 186 valence electrons. The number of aliphatic hydroxyl groups excluding tert-OH is 1. The second kappa shape index (κ2) is 10.4. The normalized spacial score (nSPS) is 12.9. The first kappa shape index (κ1) is 25.3. The number of thiophene rings is 1. The number of aryl methyl sites for hydroxylation is 2. The molecule has 1 unspecified atom stereocenters. The summed E-state index contributed by atoms with van der Waals surface area (Å²) in [5, 5.41) is 21.6. The van der Waals surface area contributed by atoms with E-state index in [0.29, 0.717) is 19.6 Å². The van der Waals surface area contributed by atoms with Gasteiger partial charge in [-0.05, 0) is 71.5 Å². The summed E-state index contributed by atoms with van der Waals surface area (Å²) in [7, 11) is -3.04. The Morgan fingerprint density at radius 3 is 2.77 bits per heavy atom. The third kappa shape index (κ3) is 5.55. The lowest BCUT2D eigenvalue weighted by Gasteiger charge is -2.21. The number of hydrogen-bond acceptors (Lipinski definition) is 8. The van der Waals surface area contributed by atoms with Crippen molar-refractivity contribution in [3.63, 3.8) is 0 Å². The lowest BCUT2D eigenvalue weighted by Crippen LogP contribution is -2.13. The van der Waals surface area contributed by atoms with Crippen LogP contribution in [0.15, 0.2) is 35.7 Å². The van der Waals surface area contributed by atoms with Gasteiger partial charge in [-0.2, -0.15) is 0 Å². The lowest BCUT2D eigenvalue weighted by molar-refractivity contribution is -0.143. The maximum atomic E-state index is 12.6. The molecule has 1 N–H and O–H groups in total. The van der Waals surface area contributed by atoms with Crippen molar-refractivity contribution in [2.24, 2.45) is 0 Å². The van der Waals surface area contributed by atoms with Crippen LogP contribution in [-0.4, -0.2) is 53.1 Å². The van der Waals surface area contributed by atoms with Crippen LogP contribution in [0.3, 0.4) is 0 Å². The molecule has 0 saturated heterocycles. The Morgan fingerprint density at radius 1 is 1.26 bits per heavy atom. The molecule has 10 heteroatoms. The molecule has 0 fully saturated rings. The molecular weight excluding hydrogens is 486 g/mol. The molecule has 8 nitrogen and oxygen atoms in total. The average molecular weight is 516 g/mol. The quantitative estimate of drug-likeness (QED) is 0.318. The van der Waals surface area contributed by atoms with Crippen LogP contribution in [-0.2, 0) is 32.5 Å². The van der Waals surface area contributed by atoms with E-state index in [1.165, 1.54) is 6.26 Å². The van der Waals surface area contributed by atoms with Gasteiger partial charge in [-0.15, -0.1) is 16.4 Å². The number of sulfone groups is 1. The molecule has 0 aliphatic heterocycles. The van der Waals surface area contributed by atoms with E-state index >= 15 is 0 Å². The monoisotopic (exact) mass is 515 g/mol. The van der Waals surface area contributed by atoms with E-state index in [-0.39, 0.29) is 30.7 Å². The molecule has 4 rings (SSSR count). The first-order valence-electron chi connectivity index (χ1n) is 11.5. The molecule has 35 heavy (non-hydrogen) atoms. The van der Waals surface area contributed by atoms with Gasteiger partial charge >= 0.3 is 5.97 Å². The van der Waals surface area contributed by atoms with Crippen molar-refractivity contribution >= 4 is 48.3 Å². The zero-order chi connectivity index (χ0) is 25.2. The highest BCUT2D eigenvalue weighted by Gasteiger charge is 2.24. The zero-order valence-corrected chi connectivity index (χ0v) is 21.7. The summed E-state index contributed by atoms with van der Waals surface area (Å²) in [4.78, 5) is 12.6. The zero-order valence-electron chi connectivity index (χ0n) is 20.0. The second-order valence-electron chi connectivity index (χ2n) is 8.68. The number of esters is 1. The lowest BCUT2D eigenvalue weighted by atomic mass is 9.84. The van der Waals surface area contributed by atoms with Gasteiger partial charge in [-0.25, -0.2) is 13.1 Å². The smallest absolute Gasteiger partial charge is 0.306 e. The van der Waals surface area contributed by atoms with Crippen molar-refractivity contribution in [1.82, 2.24) is 15.0 Å². The Bertz CT molecular complexity index is 1470. The Balaban J connectivity index is 1.76. The van der Waals surface area contributed by atoms with E-state index in [0.717, 1.165) is 43.4 Å². The van der Waals surface area contributed by atoms with Gasteiger partial charge < -0.3 is 9.84 Å².